The molecule has 1 atom stereocenters. The number of nitrogens with one attached hydrogen (secondary N) is 1. The maximum absolute atomic E-state index is 14.0. The summed E-state index contributed by atoms with van der Waals surface area (Å²) in [5, 5.41) is 2.57. The number of halogens is 1. The summed E-state index contributed by atoms with van der Waals surface area (Å²) in [4.78, 5) is 23.7. The molecule has 1 aliphatic heterocycles. The number of hydrogen-bond donors (Lipinski definition) is 1. The van der Waals surface area contributed by atoms with Crippen LogP contribution in [-0.2, 0) is 24.3 Å². The van der Waals surface area contributed by atoms with Crippen LogP contribution in [-0.4, -0.2) is 63.6 Å². The fourth-order valence-corrected chi connectivity index (χ4v) is 4.31. The van der Waals surface area contributed by atoms with E-state index < -0.39 is 39.9 Å². The molecule has 1 aliphatic rings. The largest absolute Gasteiger partial charge is 0.452 e. The van der Waals surface area contributed by atoms with Gasteiger partial charge in [0.25, 0.3) is 5.91 Å². The Morgan fingerprint density at radius 1 is 1.32 bits per heavy atom. The average Bonchev–Trinajstić information content (AvgIpc) is 3.19. The number of hydrogen-bond acceptors (Lipinski definition) is 6. The van der Waals surface area contributed by atoms with Crippen molar-refractivity contribution in [2.75, 3.05) is 32.8 Å². The second-order valence-corrected chi connectivity index (χ2v) is 8.18. The van der Waals surface area contributed by atoms with Crippen molar-refractivity contribution in [3.05, 3.63) is 29.6 Å². The molecule has 1 N–H and O–H groups in total. The average molecular weight is 416 g/mol. The van der Waals surface area contributed by atoms with Crippen LogP contribution in [0.15, 0.2) is 23.1 Å². The summed E-state index contributed by atoms with van der Waals surface area (Å²) in [7, 11) is -3.86. The fraction of sp³-hybridized carbons (Fsp3) is 0.556. The number of rotatable bonds is 9. The predicted molar refractivity (Wildman–Crippen MR) is 98.8 cm³/mol. The fourth-order valence-electron chi connectivity index (χ4n) is 2.83. The second-order valence-electron chi connectivity index (χ2n) is 6.25. The maximum atomic E-state index is 14.0. The third kappa shape index (κ3) is 5.49. The standard InChI is InChI=1S/C18H25FN2O6S/c1-3-21(4-2)28(24,25)14-7-8-16(19)15(10-14)18(23)27-12-17(22)20-11-13-6-5-9-26-13/h7-8,10,13H,3-6,9,11-12H2,1-2H3,(H,20,22)/t13-/m0/s1. The van der Waals surface area contributed by atoms with E-state index in [1.165, 1.54) is 4.31 Å². The van der Waals surface area contributed by atoms with Crippen LogP contribution in [0.3, 0.4) is 0 Å². The van der Waals surface area contributed by atoms with Crippen molar-refractivity contribution in [3.8, 4) is 0 Å². The minimum Gasteiger partial charge on any atom is -0.452 e. The van der Waals surface area contributed by atoms with Gasteiger partial charge in [-0.3, -0.25) is 4.79 Å². The summed E-state index contributed by atoms with van der Waals surface area (Å²) in [6.45, 7) is 4.19. The zero-order valence-corrected chi connectivity index (χ0v) is 16.8. The first-order valence-corrected chi connectivity index (χ1v) is 10.6. The first-order chi connectivity index (χ1) is 13.3. The summed E-state index contributed by atoms with van der Waals surface area (Å²) in [5.74, 6) is -2.58. The normalized spacial score (nSPS) is 16.9. The van der Waals surface area contributed by atoms with Gasteiger partial charge in [-0.15, -0.1) is 0 Å². The molecule has 1 heterocycles. The summed E-state index contributed by atoms with van der Waals surface area (Å²) in [6, 6.07) is 2.91. The zero-order valence-electron chi connectivity index (χ0n) is 15.9. The number of ether oxygens (including phenoxy) is 2. The Bertz CT molecular complexity index is 804. The molecule has 0 saturated carbocycles. The van der Waals surface area contributed by atoms with Crippen molar-refractivity contribution in [2.24, 2.45) is 0 Å². The van der Waals surface area contributed by atoms with Gasteiger partial charge >= 0.3 is 5.97 Å². The third-order valence-electron chi connectivity index (χ3n) is 4.39. The van der Waals surface area contributed by atoms with Gasteiger partial charge in [0.15, 0.2) is 6.61 Å². The third-order valence-corrected chi connectivity index (χ3v) is 6.43. The van der Waals surface area contributed by atoms with Gasteiger partial charge in [-0.2, -0.15) is 4.31 Å². The highest BCUT2D eigenvalue weighted by Gasteiger charge is 2.25. The minimum atomic E-state index is -3.86. The van der Waals surface area contributed by atoms with E-state index in [2.05, 4.69) is 5.32 Å². The topological polar surface area (TPSA) is 102 Å². The van der Waals surface area contributed by atoms with Gasteiger partial charge in [-0.05, 0) is 31.0 Å². The van der Waals surface area contributed by atoms with E-state index in [9.17, 15) is 22.4 Å². The molecule has 1 aromatic rings. The highest BCUT2D eigenvalue weighted by atomic mass is 32.2. The van der Waals surface area contributed by atoms with Crippen LogP contribution < -0.4 is 5.32 Å². The Balaban J connectivity index is 2.01. The van der Waals surface area contributed by atoms with Gasteiger partial charge in [0.05, 0.1) is 16.6 Å². The Morgan fingerprint density at radius 3 is 2.64 bits per heavy atom. The number of sulfonamides is 1. The molecule has 28 heavy (non-hydrogen) atoms. The monoisotopic (exact) mass is 416 g/mol. The molecule has 1 amide bonds. The van der Waals surface area contributed by atoms with Crippen LogP contribution in [0.5, 0.6) is 0 Å². The van der Waals surface area contributed by atoms with Gasteiger partial charge in [0.2, 0.25) is 10.0 Å². The maximum Gasteiger partial charge on any atom is 0.341 e. The molecule has 0 spiro atoms. The second kappa shape index (κ2) is 9.94. The van der Waals surface area contributed by atoms with Gasteiger partial charge in [-0.25, -0.2) is 17.6 Å². The van der Waals surface area contributed by atoms with E-state index in [0.29, 0.717) is 13.2 Å². The number of carbonyl (C=O) groups excluding carboxylic acids is 2. The van der Waals surface area contributed by atoms with Gasteiger partial charge in [0.1, 0.15) is 5.82 Å². The number of esters is 1. The first-order valence-electron chi connectivity index (χ1n) is 9.14. The molecular formula is C18H25FN2O6S. The lowest BCUT2D eigenvalue weighted by Crippen LogP contribution is -2.35. The smallest absolute Gasteiger partial charge is 0.341 e. The molecule has 0 aliphatic carbocycles. The molecule has 2 rings (SSSR count). The van der Waals surface area contributed by atoms with E-state index in [4.69, 9.17) is 9.47 Å². The molecule has 10 heteroatoms. The highest BCUT2D eigenvalue weighted by Crippen LogP contribution is 2.20. The van der Waals surface area contributed by atoms with Crippen LogP contribution in [0.2, 0.25) is 0 Å². The Hall–Kier alpha value is -2.04. The van der Waals surface area contributed by atoms with Crippen LogP contribution >= 0.6 is 0 Å². The summed E-state index contributed by atoms with van der Waals surface area (Å²) < 4.78 is 50.5. The molecular weight excluding hydrogens is 391 g/mol. The number of amides is 1. The summed E-state index contributed by atoms with van der Waals surface area (Å²) in [5.41, 5.74) is -0.542. The number of carbonyl (C=O) groups is 2. The van der Waals surface area contributed by atoms with Gasteiger partial charge < -0.3 is 14.8 Å². The molecule has 0 bridgehead atoms. The van der Waals surface area contributed by atoms with Crippen LogP contribution in [0.1, 0.15) is 37.0 Å². The number of nitrogens with zero attached hydrogens (tertiary/aromatic N) is 1. The molecule has 156 valence electrons. The first kappa shape index (κ1) is 22.3. The van der Waals surface area contributed by atoms with Crippen molar-refractivity contribution in [3.63, 3.8) is 0 Å². The molecule has 0 radical (unpaired) electrons. The van der Waals surface area contributed by atoms with Crippen molar-refractivity contribution in [1.82, 2.24) is 9.62 Å². The summed E-state index contributed by atoms with van der Waals surface area (Å²) >= 11 is 0. The van der Waals surface area contributed by atoms with E-state index in [1.54, 1.807) is 13.8 Å². The van der Waals surface area contributed by atoms with E-state index in [-0.39, 0.29) is 24.1 Å². The van der Waals surface area contributed by atoms with Crippen LogP contribution in [0.4, 0.5) is 4.39 Å². The Labute approximate surface area is 164 Å². The quantitative estimate of drug-likeness (QED) is 0.609. The van der Waals surface area contributed by atoms with Crippen molar-refractivity contribution in [2.45, 2.75) is 37.7 Å². The molecule has 0 unspecified atom stereocenters. The van der Waals surface area contributed by atoms with E-state index in [1.807, 2.05) is 0 Å². The van der Waals surface area contributed by atoms with Gasteiger partial charge in [0, 0.05) is 26.2 Å². The van der Waals surface area contributed by atoms with Gasteiger partial charge in [-0.1, -0.05) is 13.8 Å². The minimum absolute atomic E-state index is 0.0564. The van der Waals surface area contributed by atoms with E-state index in [0.717, 1.165) is 31.0 Å². The predicted octanol–water partition coefficient (Wildman–Crippen LogP) is 1.31. The molecule has 1 saturated heterocycles. The van der Waals surface area contributed by atoms with Crippen LogP contribution in [0.25, 0.3) is 0 Å². The zero-order chi connectivity index (χ0) is 20.7. The molecule has 1 aromatic carbocycles. The summed E-state index contributed by atoms with van der Waals surface area (Å²) in [6.07, 6.45) is 1.72. The SMILES string of the molecule is CCN(CC)S(=O)(=O)c1ccc(F)c(C(=O)OCC(=O)NC[C@@H]2CCCO2)c1. The lowest BCUT2D eigenvalue weighted by molar-refractivity contribution is -0.124. The Kier molecular flexibility index (Phi) is 7.90. The highest BCUT2D eigenvalue weighted by molar-refractivity contribution is 7.89. The molecule has 8 nitrogen and oxygen atoms in total. The molecule has 1 fully saturated rings. The Morgan fingerprint density at radius 2 is 2.04 bits per heavy atom. The van der Waals surface area contributed by atoms with Crippen molar-refractivity contribution >= 4 is 21.9 Å². The van der Waals surface area contributed by atoms with Crippen LogP contribution in [0, 0.1) is 5.82 Å². The van der Waals surface area contributed by atoms with Crippen molar-refractivity contribution in [1.29, 1.82) is 0 Å². The van der Waals surface area contributed by atoms with Crippen molar-refractivity contribution < 1.29 is 31.9 Å². The lowest BCUT2D eigenvalue weighted by atomic mass is 10.2. The van der Waals surface area contributed by atoms with E-state index >= 15 is 0 Å². The lowest BCUT2D eigenvalue weighted by Gasteiger charge is -2.18. The molecule has 0 aromatic heterocycles. The number of benzene rings is 1.